The van der Waals surface area contributed by atoms with Gasteiger partial charge < -0.3 is 20.7 Å². The lowest BCUT2D eigenvalue weighted by atomic mass is 10.2. The molecule has 0 atom stereocenters. The van der Waals surface area contributed by atoms with Crippen LogP contribution >= 0.6 is 44.3 Å². The van der Waals surface area contributed by atoms with Gasteiger partial charge in [-0.05, 0) is 35.4 Å². The number of rotatable bonds is 5. The molecule has 0 aliphatic heterocycles. The highest BCUT2D eigenvalue weighted by molar-refractivity contribution is 9.10. The van der Waals surface area contributed by atoms with Crippen molar-refractivity contribution in [3.05, 3.63) is 91.4 Å². The van der Waals surface area contributed by atoms with Crippen molar-refractivity contribution in [2.24, 2.45) is 5.73 Å². The fourth-order valence-electron chi connectivity index (χ4n) is 1.66. The Bertz CT molecular complexity index is 845. The average molecular weight is 559 g/mol. The predicted molar refractivity (Wildman–Crippen MR) is 129 cm³/mol. The fourth-order valence-corrected chi connectivity index (χ4v) is 2.19. The van der Waals surface area contributed by atoms with Crippen molar-refractivity contribution in [3.8, 4) is 0 Å². The second-order valence-corrected chi connectivity index (χ2v) is 7.40. The molecule has 0 spiro atoms. The third-order valence-corrected chi connectivity index (χ3v) is 4.13. The van der Waals surface area contributed by atoms with E-state index in [1.54, 1.807) is 0 Å². The molecular formula is C21H23Br2ClN4O2. The number of ketones is 1. The first kappa shape index (κ1) is 30.0. The number of Topliss-reactive ketones (excluding diaryl/α,β-unsaturated/α-hetero) is 1. The monoisotopic (exact) mass is 556 g/mol. The van der Waals surface area contributed by atoms with Crippen LogP contribution in [0.25, 0.3) is 9.69 Å². The van der Waals surface area contributed by atoms with Crippen LogP contribution in [-0.4, -0.2) is 24.8 Å². The molecule has 0 aliphatic carbocycles. The highest BCUT2D eigenvalue weighted by atomic mass is 79.9. The molecule has 0 radical (unpaired) electrons. The van der Waals surface area contributed by atoms with Crippen LogP contribution in [0, 0.1) is 13.1 Å². The molecular weight excluding hydrogens is 536 g/mol. The van der Waals surface area contributed by atoms with Gasteiger partial charge in [-0.3, -0.25) is 9.59 Å². The molecule has 3 N–H and O–H groups in total. The molecule has 0 aliphatic rings. The number of amides is 1. The minimum atomic E-state index is -0.233. The Morgan fingerprint density at radius 3 is 1.67 bits per heavy atom. The van der Waals surface area contributed by atoms with E-state index >= 15 is 0 Å². The topological polar surface area (TPSA) is 80.9 Å². The van der Waals surface area contributed by atoms with Crippen LogP contribution in [0.5, 0.6) is 0 Å². The van der Waals surface area contributed by atoms with Gasteiger partial charge in [-0.15, -0.1) is 12.4 Å². The smallest absolute Gasteiger partial charge is 0.300 e. The predicted octanol–water partition coefficient (Wildman–Crippen LogP) is 4.81. The number of halogens is 3. The zero-order valence-corrected chi connectivity index (χ0v) is 20.4. The number of carbonyl (C=O) groups is 2. The van der Waals surface area contributed by atoms with Gasteiger partial charge in [0.15, 0.2) is 0 Å². The summed E-state index contributed by atoms with van der Waals surface area (Å²) in [4.78, 5) is 26.6. The molecule has 0 unspecified atom stereocenters. The van der Waals surface area contributed by atoms with Crippen molar-refractivity contribution < 1.29 is 9.59 Å². The molecule has 160 valence electrons. The zero-order chi connectivity index (χ0) is 22.1. The van der Waals surface area contributed by atoms with Gasteiger partial charge in [0.05, 0.1) is 0 Å². The maximum atomic E-state index is 10.9. The number of benzene rings is 2. The van der Waals surface area contributed by atoms with Crippen molar-refractivity contribution in [1.29, 1.82) is 0 Å². The van der Waals surface area contributed by atoms with Gasteiger partial charge in [0.1, 0.15) is 0 Å². The van der Waals surface area contributed by atoms with E-state index in [4.69, 9.17) is 18.9 Å². The zero-order valence-electron chi connectivity index (χ0n) is 16.4. The van der Waals surface area contributed by atoms with E-state index in [9.17, 15) is 9.59 Å². The van der Waals surface area contributed by atoms with Crippen molar-refractivity contribution >= 4 is 56.0 Å². The molecule has 0 heterocycles. The van der Waals surface area contributed by atoms with Gasteiger partial charge in [0.2, 0.25) is 5.78 Å². The normalized spacial score (nSPS) is 8.47. The summed E-state index contributed by atoms with van der Waals surface area (Å²) in [6, 6.07) is 15.6. The summed E-state index contributed by atoms with van der Waals surface area (Å²) in [5.41, 5.74) is 7.57. The van der Waals surface area contributed by atoms with E-state index in [0.717, 1.165) is 14.5 Å². The second-order valence-electron chi connectivity index (χ2n) is 5.57. The number of hydrogen-bond acceptors (Lipinski definition) is 3. The lowest BCUT2D eigenvalue weighted by Gasteiger charge is -2.01. The molecule has 1 amide bonds. The maximum absolute atomic E-state index is 10.9. The summed E-state index contributed by atoms with van der Waals surface area (Å²) in [6.07, 6.45) is 0. The molecule has 6 nitrogen and oxygen atoms in total. The second kappa shape index (κ2) is 18.8. The third-order valence-electron chi connectivity index (χ3n) is 3.08. The van der Waals surface area contributed by atoms with Crippen LogP contribution in [0.3, 0.4) is 0 Å². The summed E-state index contributed by atoms with van der Waals surface area (Å²) in [5.74, 6) is -0.298. The van der Waals surface area contributed by atoms with Gasteiger partial charge >= 0.3 is 0 Å². The van der Waals surface area contributed by atoms with E-state index in [-0.39, 0.29) is 37.2 Å². The maximum Gasteiger partial charge on any atom is 0.300 e. The standard InChI is InChI=1S/C10H9BrN2O.C7H8BrN.C4H5NO.ClH/c1-12-7-10(14)13-6-8-2-4-9(11)5-3-8;8-7-3-1-6(5-9)2-4-7;1-4(6)3-5-2;/h2-5H,6-7H2,(H,13,14);1-4H,5,9H2;3H2,1H3;1H. The van der Waals surface area contributed by atoms with Crippen molar-refractivity contribution in [2.45, 2.75) is 20.0 Å². The minimum Gasteiger partial charge on any atom is -0.346 e. The summed E-state index contributed by atoms with van der Waals surface area (Å²) < 4.78 is 2.11. The van der Waals surface area contributed by atoms with Crippen LogP contribution in [0.2, 0.25) is 0 Å². The Kier molecular flexibility index (Phi) is 18.8. The summed E-state index contributed by atoms with van der Waals surface area (Å²) >= 11 is 6.66. The van der Waals surface area contributed by atoms with Gasteiger partial charge in [-0.25, -0.2) is 13.1 Å². The third kappa shape index (κ3) is 16.7. The van der Waals surface area contributed by atoms with Crippen LogP contribution in [0.4, 0.5) is 0 Å². The van der Waals surface area contributed by atoms with Gasteiger partial charge in [-0.1, -0.05) is 56.1 Å². The lowest BCUT2D eigenvalue weighted by molar-refractivity contribution is -0.119. The first-order valence-electron chi connectivity index (χ1n) is 8.43. The van der Waals surface area contributed by atoms with E-state index < -0.39 is 0 Å². The van der Waals surface area contributed by atoms with E-state index in [0.29, 0.717) is 13.1 Å². The number of nitrogens with two attached hydrogens (primary N) is 1. The van der Waals surface area contributed by atoms with Crippen molar-refractivity contribution in [1.82, 2.24) is 5.32 Å². The molecule has 0 aromatic heterocycles. The van der Waals surface area contributed by atoms with Crippen molar-refractivity contribution in [3.63, 3.8) is 0 Å². The Hall–Kier alpha value is -2.23. The molecule has 2 aromatic rings. The summed E-state index contributed by atoms with van der Waals surface area (Å²) in [6.45, 7) is 15.1. The molecule has 0 saturated heterocycles. The minimum absolute atomic E-state index is 0. The Morgan fingerprint density at radius 1 is 0.900 bits per heavy atom. The Labute approximate surface area is 200 Å². The number of hydrogen-bond donors (Lipinski definition) is 2. The molecule has 0 saturated carbocycles. The average Bonchev–Trinajstić information content (AvgIpc) is 2.69. The van der Waals surface area contributed by atoms with Crippen molar-refractivity contribution in [2.75, 3.05) is 13.1 Å². The van der Waals surface area contributed by atoms with Gasteiger partial charge in [0.25, 0.3) is 19.0 Å². The van der Waals surface area contributed by atoms with Crippen LogP contribution in [0.1, 0.15) is 18.1 Å². The molecule has 9 heteroatoms. The summed E-state index contributed by atoms with van der Waals surface area (Å²) in [7, 11) is 0. The first-order valence-corrected chi connectivity index (χ1v) is 10.0. The van der Waals surface area contributed by atoms with Crippen LogP contribution < -0.4 is 11.1 Å². The van der Waals surface area contributed by atoms with E-state index in [1.165, 1.54) is 12.5 Å². The van der Waals surface area contributed by atoms with Crippen LogP contribution in [-0.2, 0) is 22.7 Å². The number of carbonyl (C=O) groups excluding carboxylic acids is 2. The van der Waals surface area contributed by atoms with E-state index in [1.807, 2.05) is 48.5 Å². The highest BCUT2D eigenvalue weighted by Crippen LogP contribution is 2.10. The molecule has 2 aromatic carbocycles. The Balaban J connectivity index is 0. The number of nitrogens with one attached hydrogen (secondary N) is 1. The number of nitrogens with zero attached hydrogens (tertiary/aromatic N) is 2. The fraction of sp³-hybridized carbons (Fsp3) is 0.238. The highest BCUT2D eigenvalue weighted by Gasteiger charge is 2.02. The van der Waals surface area contributed by atoms with E-state index in [2.05, 4.69) is 46.9 Å². The SMILES string of the molecule is Cl.NCc1ccc(Br)cc1.[C-]#[N+]CC(=O)NCc1ccc(Br)cc1.[C-]#[N+]CC(C)=O. The molecule has 0 bridgehead atoms. The largest absolute Gasteiger partial charge is 0.346 e. The summed E-state index contributed by atoms with van der Waals surface area (Å²) in [5, 5.41) is 2.65. The molecule has 30 heavy (non-hydrogen) atoms. The van der Waals surface area contributed by atoms with Gasteiger partial charge in [-0.2, -0.15) is 0 Å². The first-order chi connectivity index (χ1) is 13.8. The van der Waals surface area contributed by atoms with Gasteiger partial charge in [0, 0.05) is 29.0 Å². The van der Waals surface area contributed by atoms with Crippen LogP contribution in [0.15, 0.2) is 57.5 Å². The molecule has 0 fully saturated rings. The quantitative estimate of drug-likeness (QED) is 0.517. The Morgan fingerprint density at radius 2 is 1.33 bits per heavy atom. The lowest BCUT2D eigenvalue weighted by Crippen LogP contribution is -2.24. The molecule has 2 rings (SSSR count).